The van der Waals surface area contributed by atoms with Gasteiger partial charge in [0, 0.05) is 19.5 Å². The molecule has 2 fully saturated rings. The molecule has 190 valence electrons. The van der Waals surface area contributed by atoms with Crippen LogP contribution in [0, 0.1) is 0 Å². The molecule has 2 saturated heterocycles. The topological polar surface area (TPSA) is 170 Å². The van der Waals surface area contributed by atoms with E-state index in [1.807, 2.05) is 30.3 Å². The van der Waals surface area contributed by atoms with Gasteiger partial charge in [0.15, 0.2) is 0 Å². The number of carboxylic acid groups (broad SMARTS) is 2. The van der Waals surface area contributed by atoms with Crippen molar-refractivity contribution in [3.63, 3.8) is 0 Å². The molecular weight excluding hydrogens is 456 g/mol. The standard InChI is InChI=1S/C24H32N4O7/c25-16(14-15-6-2-1-3-7-15)22(32)28-13-5-9-19(28)23(33)27-12-4-8-18(27)21(31)26-17(24(34)35)10-11-20(29)30/h1-3,6-7,16-19H,4-5,8-14,25H2,(H,26,31)(H,29,30)(H,34,35). The lowest BCUT2D eigenvalue weighted by atomic mass is 10.0. The molecule has 2 aliphatic heterocycles. The largest absolute Gasteiger partial charge is 0.481 e. The highest BCUT2D eigenvalue weighted by atomic mass is 16.4. The van der Waals surface area contributed by atoms with Crippen LogP contribution in [-0.2, 0) is 30.4 Å². The normalized spacial score (nSPS) is 21.4. The van der Waals surface area contributed by atoms with Crippen LogP contribution < -0.4 is 11.1 Å². The van der Waals surface area contributed by atoms with E-state index in [4.69, 9.17) is 10.8 Å². The highest BCUT2D eigenvalue weighted by molar-refractivity contribution is 5.95. The van der Waals surface area contributed by atoms with E-state index in [9.17, 15) is 29.1 Å². The van der Waals surface area contributed by atoms with Crippen molar-refractivity contribution in [1.82, 2.24) is 15.1 Å². The zero-order chi connectivity index (χ0) is 25.5. The Labute approximate surface area is 203 Å². The van der Waals surface area contributed by atoms with Crippen molar-refractivity contribution in [1.29, 1.82) is 0 Å². The van der Waals surface area contributed by atoms with E-state index in [0.29, 0.717) is 45.2 Å². The summed E-state index contributed by atoms with van der Waals surface area (Å²) < 4.78 is 0. The van der Waals surface area contributed by atoms with Crippen molar-refractivity contribution in [2.75, 3.05) is 13.1 Å². The Hall–Kier alpha value is -3.47. The third-order valence-electron chi connectivity index (χ3n) is 6.54. The van der Waals surface area contributed by atoms with Crippen molar-refractivity contribution in [3.05, 3.63) is 35.9 Å². The number of aliphatic carboxylic acids is 2. The average molecular weight is 489 g/mol. The maximum absolute atomic E-state index is 13.4. The maximum Gasteiger partial charge on any atom is 0.326 e. The van der Waals surface area contributed by atoms with Crippen LogP contribution in [0.3, 0.4) is 0 Å². The number of rotatable bonds is 10. The quantitative estimate of drug-likeness (QED) is 0.356. The molecule has 11 nitrogen and oxygen atoms in total. The molecule has 0 spiro atoms. The Morgan fingerprint density at radius 2 is 1.60 bits per heavy atom. The van der Waals surface area contributed by atoms with Gasteiger partial charge in [-0.05, 0) is 44.1 Å². The third-order valence-corrected chi connectivity index (χ3v) is 6.54. The maximum atomic E-state index is 13.4. The summed E-state index contributed by atoms with van der Waals surface area (Å²) in [6.45, 7) is 0.719. The third kappa shape index (κ3) is 6.56. The number of amides is 3. The number of carboxylic acids is 2. The van der Waals surface area contributed by atoms with Crippen LogP contribution in [0.5, 0.6) is 0 Å². The molecule has 1 aromatic rings. The van der Waals surface area contributed by atoms with Gasteiger partial charge in [-0.3, -0.25) is 19.2 Å². The number of likely N-dealkylation sites (tertiary alicyclic amines) is 2. The predicted octanol–water partition coefficient (Wildman–Crippen LogP) is -0.0274. The van der Waals surface area contributed by atoms with E-state index in [2.05, 4.69) is 5.32 Å². The average Bonchev–Trinajstić information content (AvgIpc) is 3.51. The molecule has 0 aromatic heterocycles. The Morgan fingerprint density at radius 1 is 0.971 bits per heavy atom. The van der Waals surface area contributed by atoms with Crippen LogP contribution in [0.4, 0.5) is 0 Å². The molecular formula is C24H32N4O7. The van der Waals surface area contributed by atoms with E-state index in [-0.39, 0.29) is 18.2 Å². The summed E-state index contributed by atoms with van der Waals surface area (Å²) in [7, 11) is 0. The van der Waals surface area contributed by atoms with Gasteiger partial charge >= 0.3 is 11.9 Å². The van der Waals surface area contributed by atoms with Crippen molar-refractivity contribution in [2.24, 2.45) is 5.73 Å². The zero-order valence-corrected chi connectivity index (χ0v) is 19.5. The number of benzene rings is 1. The Morgan fingerprint density at radius 3 is 2.23 bits per heavy atom. The van der Waals surface area contributed by atoms with Crippen LogP contribution in [0.25, 0.3) is 0 Å². The highest BCUT2D eigenvalue weighted by Gasteiger charge is 2.43. The molecule has 11 heteroatoms. The lowest BCUT2D eigenvalue weighted by Crippen LogP contribution is -2.56. The molecule has 0 bridgehead atoms. The molecule has 0 saturated carbocycles. The molecule has 2 heterocycles. The van der Waals surface area contributed by atoms with E-state index < -0.39 is 48.4 Å². The van der Waals surface area contributed by atoms with Crippen LogP contribution in [0.1, 0.15) is 44.1 Å². The minimum Gasteiger partial charge on any atom is -0.481 e. The molecule has 3 amide bonds. The molecule has 35 heavy (non-hydrogen) atoms. The van der Waals surface area contributed by atoms with Gasteiger partial charge in [0.05, 0.1) is 6.04 Å². The Kier molecular flexibility index (Phi) is 8.80. The van der Waals surface area contributed by atoms with Gasteiger partial charge in [0.25, 0.3) is 0 Å². The van der Waals surface area contributed by atoms with Gasteiger partial charge in [-0.1, -0.05) is 30.3 Å². The summed E-state index contributed by atoms with van der Waals surface area (Å²) in [6.07, 6.45) is 1.69. The number of nitrogens with zero attached hydrogens (tertiary/aromatic N) is 2. The fourth-order valence-corrected chi connectivity index (χ4v) is 4.74. The molecule has 3 rings (SSSR count). The highest BCUT2D eigenvalue weighted by Crippen LogP contribution is 2.26. The number of nitrogens with one attached hydrogen (secondary N) is 1. The van der Waals surface area contributed by atoms with Crippen LogP contribution in [-0.4, -0.2) is 86.9 Å². The second-order valence-electron chi connectivity index (χ2n) is 9.01. The fraction of sp³-hybridized carbons (Fsp3) is 0.542. The second-order valence-corrected chi connectivity index (χ2v) is 9.01. The van der Waals surface area contributed by atoms with E-state index in [1.54, 1.807) is 0 Å². The first-order chi connectivity index (χ1) is 16.7. The summed E-state index contributed by atoms with van der Waals surface area (Å²) in [5.74, 6) is -3.80. The first-order valence-corrected chi connectivity index (χ1v) is 11.8. The van der Waals surface area contributed by atoms with Gasteiger partial charge in [0.2, 0.25) is 17.7 Å². The van der Waals surface area contributed by atoms with Gasteiger partial charge in [0.1, 0.15) is 18.1 Å². The molecule has 0 radical (unpaired) electrons. The molecule has 0 aliphatic carbocycles. The summed E-state index contributed by atoms with van der Waals surface area (Å²) in [5.41, 5.74) is 7.09. The van der Waals surface area contributed by atoms with Crippen LogP contribution in [0.2, 0.25) is 0 Å². The lowest BCUT2D eigenvalue weighted by molar-refractivity contribution is -0.148. The summed E-state index contributed by atoms with van der Waals surface area (Å²) >= 11 is 0. The first kappa shape index (κ1) is 26.1. The Balaban J connectivity index is 1.65. The second kappa shape index (κ2) is 11.8. The molecule has 4 unspecified atom stereocenters. The van der Waals surface area contributed by atoms with Crippen molar-refractivity contribution in [2.45, 2.75) is 69.1 Å². The van der Waals surface area contributed by atoms with E-state index in [1.165, 1.54) is 9.80 Å². The summed E-state index contributed by atoms with van der Waals surface area (Å²) in [4.78, 5) is 64.5. The van der Waals surface area contributed by atoms with Gasteiger partial charge in [-0.2, -0.15) is 0 Å². The van der Waals surface area contributed by atoms with Gasteiger partial charge in [-0.25, -0.2) is 4.79 Å². The number of nitrogens with two attached hydrogens (primary N) is 1. The number of hydrogen-bond donors (Lipinski definition) is 4. The minimum atomic E-state index is -1.36. The summed E-state index contributed by atoms with van der Waals surface area (Å²) in [5, 5.41) is 20.5. The minimum absolute atomic E-state index is 0.263. The zero-order valence-electron chi connectivity index (χ0n) is 19.5. The SMILES string of the molecule is NC(Cc1ccccc1)C(=O)N1CCCC1C(=O)N1CCCC1C(=O)NC(CCC(=O)O)C(=O)O. The predicted molar refractivity (Wildman–Crippen MR) is 124 cm³/mol. The van der Waals surface area contributed by atoms with Crippen molar-refractivity contribution < 1.29 is 34.2 Å². The van der Waals surface area contributed by atoms with Gasteiger partial charge < -0.3 is 31.1 Å². The monoisotopic (exact) mass is 488 g/mol. The Bertz CT molecular complexity index is 954. The fourth-order valence-electron chi connectivity index (χ4n) is 4.74. The van der Waals surface area contributed by atoms with Crippen molar-refractivity contribution in [3.8, 4) is 0 Å². The molecule has 1 aromatic carbocycles. The summed E-state index contributed by atoms with van der Waals surface area (Å²) in [6, 6.07) is 5.62. The van der Waals surface area contributed by atoms with E-state index in [0.717, 1.165) is 5.56 Å². The van der Waals surface area contributed by atoms with Crippen molar-refractivity contribution >= 4 is 29.7 Å². The lowest BCUT2D eigenvalue weighted by Gasteiger charge is -2.32. The number of carbonyl (C=O) groups is 5. The van der Waals surface area contributed by atoms with Gasteiger partial charge in [-0.15, -0.1) is 0 Å². The van der Waals surface area contributed by atoms with Crippen LogP contribution >= 0.6 is 0 Å². The molecule has 2 aliphatic rings. The number of carbonyl (C=O) groups excluding carboxylic acids is 3. The van der Waals surface area contributed by atoms with E-state index >= 15 is 0 Å². The van der Waals surface area contributed by atoms with Crippen LogP contribution in [0.15, 0.2) is 30.3 Å². The molecule has 5 N–H and O–H groups in total. The molecule has 4 atom stereocenters. The smallest absolute Gasteiger partial charge is 0.326 e. The first-order valence-electron chi connectivity index (χ1n) is 11.8. The number of hydrogen-bond acceptors (Lipinski definition) is 6.